The number of para-hydroxylation sites is 2. The molecule has 0 spiro atoms. The van der Waals surface area contributed by atoms with Gasteiger partial charge in [-0.15, -0.1) is 0 Å². The molecule has 1 aliphatic heterocycles. The van der Waals surface area contributed by atoms with E-state index in [9.17, 15) is 13.2 Å². The first-order valence-corrected chi connectivity index (χ1v) is 11.3. The van der Waals surface area contributed by atoms with Gasteiger partial charge in [-0.1, -0.05) is 25.0 Å². The van der Waals surface area contributed by atoms with Gasteiger partial charge in [-0.05, 0) is 44.2 Å². The molecule has 1 saturated heterocycles. The fourth-order valence-electron chi connectivity index (χ4n) is 4.54. The van der Waals surface area contributed by atoms with Crippen LogP contribution in [0.5, 0.6) is 0 Å². The summed E-state index contributed by atoms with van der Waals surface area (Å²) in [6, 6.07) is 7.62. The van der Waals surface area contributed by atoms with Gasteiger partial charge in [-0.3, -0.25) is 4.79 Å². The molecule has 1 aromatic carbocycles. The highest BCUT2D eigenvalue weighted by Crippen LogP contribution is 2.41. The summed E-state index contributed by atoms with van der Waals surface area (Å²) >= 11 is 0. The van der Waals surface area contributed by atoms with Crippen molar-refractivity contribution in [1.29, 1.82) is 0 Å². The number of benzene rings is 1. The first-order chi connectivity index (χ1) is 12.4. The summed E-state index contributed by atoms with van der Waals surface area (Å²) < 4.78 is 23.9. The molecule has 1 unspecified atom stereocenters. The summed E-state index contributed by atoms with van der Waals surface area (Å²) in [6.45, 7) is 0.595. The fraction of sp³-hybridized carbons (Fsp3) is 0.579. The SMILES string of the molecule is CS(=O)(=O)C1(C(=O)N2CCCCC2c2nc3ccccc3[nH]2)CCCC1. The van der Waals surface area contributed by atoms with Gasteiger partial charge in [0.05, 0.1) is 17.1 Å². The lowest BCUT2D eigenvalue weighted by Crippen LogP contribution is -2.54. The van der Waals surface area contributed by atoms with Crippen LogP contribution < -0.4 is 0 Å². The minimum atomic E-state index is -3.46. The second-order valence-electron chi connectivity index (χ2n) is 7.62. The molecule has 1 N–H and O–H groups in total. The van der Waals surface area contributed by atoms with E-state index in [2.05, 4.69) is 9.97 Å². The van der Waals surface area contributed by atoms with E-state index in [0.29, 0.717) is 19.4 Å². The summed E-state index contributed by atoms with van der Waals surface area (Å²) in [5.74, 6) is 0.545. The molecule has 2 aliphatic rings. The lowest BCUT2D eigenvalue weighted by molar-refractivity contribution is -0.138. The van der Waals surface area contributed by atoms with Gasteiger partial charge in [0.1, 0.15) is 5.82 Å². The van der Waals surface area contributed by atoms with E-state index in [4.69, 9.17) is 0 Å². The number of carbonyl (C=O) groups is 1. The van der Waals surface area contributed by atoms with Gasteiger partial charge in [-0.2, -0.15) is 0 Å². The van der Waals surface area contributed by atoms with E-state index >= 15 is 0 Å². The number of carbonyl (C=O) groups excluding carboxylic acids is 1. The smallest absolute Gasteiger partial charge is 0.244 e. The number of likely N-dealkylation sites (tertiary alicyclic amines) is 1. The zero-order valence-electron chi connectivity index (χ0n) is 15.1. The van der Waals surface area contributed by atoms with Crippen molar-refractivity contribution < 1.29 is 13.2 Å². The van der Waals surface area contributed by atoms with E-state index in [1.807, 2.05) is 24.3 Å². The van der Waals surface area contributed by atoms with Crippen LogP contribution in [0.3, 0.4) is 0 Å². The van der Waals surface area contributed by atoms with Crippen molar-refractivity contribution in [2.75, 3.05) is 12.8 Å². The number of rotatable bonds is 3. The van der Waals surface area contributed by atoms with Crippen LogP contribution in [0.25, 0.3) is 11.0 Å². The van der Waals surface area contributed by atoms with Gasteiger partial charge in [0.2, 0.25) is 5.91 Å². The lowest BCUT2D eigenvalue weighted by Gasteiger charge is -2.39. The fourth-order valence-corrected chi connectivity index (χ4v) is 6.01. The molecule has 2 heterocycles. The molecule has 1 aromatic heterocycles. The van der Waals surface area contributed by atoms with Gasteiger partial charge in [-0.25, -0.2) is 13.4 Å². The van der Waals surface area contributed by atoms with Crippen molar-refractivity contribution in [1.82, 2.24) is 14.9 Å². The van der Waals surface area contributed by atoms with Crippen LogP contribution in [0.1, 0.15) is 56.8 Å². The molecule has 0 bridgehead atoms. The number of nitrogens with zero attached hydrogens (tertiary/aromatic N) is 2. The monoisotopic (exact) mass is 375 g/mol. The Balaban J connectivity index is 1.72. The molecule has 2 aromatic rings. The van der Waals surface area contributed by atoms with Gasteiger partial charge in [0.25, 0.3) is 0 Å². The average molecular weight is 375 g/mol. The van der Waals surface area contributed by atoms with Crippen molar-refractivity contribution in [3.8, 4) is 0 Å². The van der Waals surface area contributed by atoms with Crippen molar-refractivity contribution in [3.63, 3.8) is 0 Å². The predicted molar refractivity (Wildman–Crippen MR) is 100 cm³/mol. The van der Waals surface area contributed by atoms with Crippen LogP contribution in [0.4, 0.5) is 0 Å². The Labute approximate surface area is 153 Å². The average Bonchev–Trinajstić information content (AvgIpc) is 3.28. The Kier molecular flexibility index (Phi) is 4.29. The molecule has 1 amide bonds. The first-order valence-electron chi connectivity index (χ1n) is 9.38. The second-order valence-corrected chi connectivity index (χ2v) is 9.95. The Bertz CT molecular complexity index is 895. The number of sulfone groups is 1. The summed E-state index contributed by atoms with van der Waals surface area (Å²) in [5, 5.41) is 0. The number of aromatic amines is 1. The Morgan fingerprint density at radius 3 is 2.62 bits per heavy atom. The Morgan fingerprint density at radius 2 is 1.92 bits per heavy atom. The molecular formula is C19H25N3O3S. The third-order valence-corrected chi connectivity index (χ3v) is 8.00. The maximum absolute atomic E-state index is 13.5. The number of H-pyrrole nitrogens is 1. The number of nitrogens with one attached hydrogen (secondary N) is 1. The number of fused-ring (bicyclic) bond motifs is 1. The van der Waals surface area contributed by atoms with Crippen LogP contribution >= 0.6 is 0 Å². The highest BCUT2D eigenvalue weighted by molar-refractivity contribution is 7.92. The maximum Gasteiger partial charge on any atom is 0.244 e. The van der Waals surface area contributed by atoms with E-state index in [-0.39, 0.29) is 11.9 Å². The standard InChI is InChI=1S/C19H25N3O3S/c1-26(24,25)19(11-5-6-12-19)18(23)22-13-7-4-10-16(22)17-20-14-8-2-3-9-15(14)21-17/h2-3,8-9,16H,4-7,10-13H2,1H3,(H,20,21). The van der Waals surface area contributed by atoms with Crippen LogP contribution in [0, 0.1) is 0 Å². The van der Waals surface area contributed by atoms with E-state index in [0.717, 1.165) is 49.0 Å². The largest absolute Gasteiger partial charge is 0.340 e. The van der Waals surface area contributed by atoms with Crippen molar-refractivity contribution in [2.24, 2.45) is 0 Å². The summed E-state index contributed by atoms with van der Waals surface area (Å²) in [4.78, 5) is 23.3. The number of imidazole rings is 1. The van der Waals surface area contributed by atoms with E-state index < -0.39 is 14.6 Å². The molecule has 0 radical (unpaired) electrons. The Morgan fingerprint density at radius 1 is 1.19 bits per heavy atom. The van der Waals surface area contributed by atoms with E-state index in [1.54, 1.807) is 4.90 Å². The summed E-state index contributed by atoms with van der Waals surface area (Å²) in [7, 11) is -3.46. The van der Waals surface area contributed by atoms with Crippen LogP contribution in [0.2, 0.25) is 0 Å². The third-order valence-electron chi connectivity index (χ3n) is 6.00. The molecule has 26 heavy (non-hydrogen) atoms. The van der Waals surface area contributed by atoms with Gasteiger partial charge < -0.3 is 9.88 Å². The molecule has 1 atom stereocenters. The first kappa shape index (κ1) is 17.5. The number of hydrogen-bond acceptors (Lipinski definition) is 4. The zero-order chi connectivity index (χ0) is 18.4. The lowest BCUT2D eigenvalue weighted by atomic mass is 9.97. The van der Waals surface area contributed by atoms with Crippen LogP contribution in [-0.2, 0) is 14.6 Å². The highest BCUT2D eigenvalue weighted by atomic mass is 32.2. The van der Waals surface area contributed by atoms with Crippen molar-refractivity contribution in [3.05, 3.63) is 30.1 Å². The molecule has 1 aliphatic carbocycles. The Hall–Kier alpha value is -1.89. The zero-order valence-corrected chi connectivity index (χ0v) is 15.9. The van der Waals surface area contributed by atoms with Crippen LogP contribution in [-0.4, -0.2) is 46.7 Å². The van der Waals surface area contributed by atoms with E-state index in [1.165, 1.54) is 6.26 Å². The second kappa shape index (κ2) is 6.37. The molecule has 1 saturated carbocycles. The van der Waals surface area contributed by atoms with Crippen molar-refractivity contribution >= 4 is 26.8 Å². The van der Waals surface area contributed by atoms with Gasteiger partial charge in [0.15, 0.2) is 14.6 Å². The quantitative estimate of drug-likeness (QED) is 0.894. The molecule has 2 fully saturated rings. The molecule has 7 heteroatoms. The summed E-state index contributed by atoms with van der Waals surface area (Å²) in [6.07, 6.45) is 6.41. The number of amides is 1. The number of aromatic nitrogens is 2. The maximum atomic E-state index is 13.5. The number of piperidine rings is 1. The van der Waals surface area contributed by atoms with Crippen LogP contribution in [0.15, 0.2) is 24.3 Å². The van der Waals surface area contributed by atoms with Crippen molar-refractivity contribution in [2.45, 2.75) is 55.7 Å². The molecular weight excluding hydrogens is 350 g/mol. The molecule has 4 rings (SSSR count). The molecule has 6 nitrogen and oxygen atoms in total. The topological polar surface area (TPSA) is 83.1 Å². The molecule has 140 valence electrons. The normalized spacial score (nSPS) is 23.4. The predicted octanol–water partition coefficient (Wildman–Crippen LogP) is 2.97. The minimum Gasteiger partial charge on any atom is -0.340 e. The minimum absolute atomic E-state index is 0.178. The third kappa shape index (κ3) is 2.73. The van der Waals surface area contributed by atoms with Gasteiger partial charge in [0, 0.05) is 12.8 Å². The highest BCUT2D eigenvalue weighted by Gasteiger charge is 2.53. The summed E-state index contributed by atoms with van der Waals surface area (Å²) in [5.41, 5.74) is 1.82. The number of hydrogen-bond donors (Lipinski definition) is 1. The van der Waals surface area contributed by atoms with Gasteiger partial charge >= 0.3 is 0 Å².